The molecule has 26 heavy (non-hydrogen) atoms. The van der Waals surface area contributed by atoms with Crippen LogP contribution in [0.2, 0.25) is 0 Å². The molecular weight excluding hydrogens is 360 g/mol. The summed E-state index contributed by atoms with van der Waals surface area (Å²) in [7, 11) is -3.82. The zero-order chi connectivity index (χ0) is 19.5. The maximum Gasteiger partial charge on any atom is 0.264 e. The molecular formula is C17H22N2O6S. The normalized spacial score (nSPS) is 21.2. The summed E-state index contributed by atoms with van der Waals surface area (Å²) in [6, 6.07) is 2.97. The number of amides is 1. The lowest BCUT2D eigenvalue weighted by Gasteiger charge is -2.25. The van der Waals surface area contributed by atoms with Crippen molar-refractivity contribution in [2.45, 2.75) is 31.1 Å². The minimum Gasteiger partial charge on any atom is -0.396 e. The van der Waals surface area contributed by atoms with Crippen LogP contribution in [0, 0.1) is 23.7 Å². The van der Waals surface area contributed by atoms with Crippen LogP contribution in [0.15, 0.2) is 23.1 Å². The highest BCUT2D eigenvalue weighted by Crippen LogP contribution is 2.36. The standard InChI is InChI=1S/C17H22N2O6S/c1-17(16(22)18-23,26(2,24)25)6-8-19-7-5-12(9-15(19)21)3-4-13-10-14(13)11-20/h5,7,9,13-14,20,23H,6,8,10-11H2,1-2H3,(H,18,22)/t13-,14+,17?/m1/s1. The zero-order valence-corrected chi connectivity index (χ0v) is 15.4. The van der Waals surface area contributed by atoms with Crippen molar-refractivity contribution in [2.75, 3.05) is 12.9 Å². The van der Waals surface area contributed by atoms with E-state index in [1.807, 2.05) is 0 Å². The van der Waals surface area contributed by atoms with Gasteiger partial charge in [0, 0.05) is 43.2 Å². The number of hydrogen-bond acceptors (Lipinski definition) is 6. The molecule has 9 heteroatoms. The Morgan fingerprint density at radius 2 is 2.19 bits per heavy atom. The van der Waals surface area contributed by atoms with E-state index in [1.165, 1.54) is 29.2 Å². The molecule has 0 aliphatic heterocycles. The molecule has 0 radical (unpaired) electrons. The molecule has 0 spiro atoms. The van der Waals surface area contributed by atoms with Crippen LogP contribution >= 0.6 is 0 Å². The van der Waals surface area contributed by atoms with Gasteiger partial charge < -0.3 is 9.67 Å². The number of aryl methyl sites for hydroxylation is 1. The predicted octanol–water partition coefficient (Wildman–Crippen LogP) is -0.473. The number of pyridine rings is 1. The number of hydroxylamine groups is 1. The molecule has 2 rings (SSSR count). The van der Waals surface area contributed by atoms with E-state index < -0.39 is 20.5 Å². The molecule has 8 nitrogen and oxygen atoms in total. The summed E-state index contributed by atoms with van der Waals surface area (Å²) in [5.41, 5.74) is 1.54. The second kappa shape index (κ2) is 7.61. The van der Waals surface area contributed by atoms with E-state index in [1.54, 1.807) is 6.07 Å². The Balaban J connectivity index is 2.13. The Bertz CT molecular complexity index is 911. The molecule has 1 fully saturated rings. The third-order valence-corrected chi connectivity index (χ3v) is 6.81. The monoisotopic (exact) mass is 382 g/mol. The Kier molecular flexibility index (Phi) is 5.91. The first-order valence-electron chi connectivity index (χ1n) is 8.09. The van der Waals surface area contributed by atoms with Gasteiger partial charge in [-0.2, -0.15) is 0 Å². The van der Waals surface area contributed by atoms with Gasteiger partial charge in [0.05, 0.1) is 0 Å². The molecule has 3 atom stereocenters. The van der Waals surface area contributed by atoms with E-state index in [0.29, 0.717) is 5.56 Å². The molecule has 0 aromatic carbocycles. The zero-order valence-electron chi connectivity index (χ0n) is 14.6. The molecule has 1 heterocycles. The van der Waals surface area contributed by atoms with Crippen LogP contribution in [0.1, 0.15) is 25.3 Å². The Morgan fingerprint density at radius 3 is 2.69 bits per heavy atom. The van der Waals surface area contributed by atoms with Gasteiger partial charge in [-0.3, -0.25) is 14.8 Å². The van der Waals surface area contributed by atoms with Crippen molar-refractivity contribution in [3.63, 3.8) is 0 Å². The molecule has 3 N–H and O–H groups in total. The molecule has 1 amide bonds. The quantitative estimate of drug-likeness (QED) is 0.347. The number of carbonyl (C=O) groups excluding carboxylic acids is 1. The number of nitrogens with one attached hydrogen (secondary N) is 1. The van der Waals surface area contributed by atoms with E-state index in [2.05, 4.69) is 11.8 Å². The van der Waals surface area contributed by atoms with Crippen LogP contribution in [0.5, 0.6) is 0 Å². The lowest BCUT2D eigenvalue weighted by Crippen LogP contribution is -2.49. The van der Waals surface area contributed by atoms with Gasteiger partial charge in [0.25, 0.3) is 11.5 Å². The third kappa shape index (κ3) is 4.33. The minimum absolute atomic E-state index is 0.0151. The van der Waals surface area contributed by atoms with Crippen molar-refractivity contribution >= 4 is 15.7 Å². The highest BCUT2D eigenvalue weighted by Gasteiger charge is 2.43. The van der Waals surface area contributed by atoms with Gasteiger partial charge in [-0.05, 0) is 31.7 Å². The molecule has 1 aliphatic carbocycles. The molecule has 1 aliphatic rings. The molecule has 1 aromatic heterocycles. The van der Waals surface area contributed by atoms with Gasteiger partial charge in [0.15, 0.2) is 14.6 Å². The second-order valence-electron chi connectivity index (χ2n) is 6.70. The van der Waals surface area contributed by atoms with Gasteiger partial charge in [-0.15, -0.1) is 0 Å². The Morgan fingerprint density at radius 1 is 1.50 bits per heavy atom. The van der Waals surface area contributed by atoms with E-state index in [-0.39, 0.29) is 37.0 Å². The molecule has 1 aromatic rings. The van der Waals surface area contributed by atoms with Gasteiger partial charge in [0.1, 0.15) is 0 Å². The van der Waals surface area contributed by atoms with Crippen LogP contribution in [-0.2, 0) is 21.2 Å². The minimum atomic E-state index is -3.82. The first kappa shape index (κ1) is 20.2. The smallest absolute Gasteiger partial charge is 0.264 e. The predicted molar refractivity (Wildman–Crippen MR) is 94.1 cm³/mol. The fraction of sp³-hybridized carbons (Fsp3) is 0.529. The van der Waals surface area contributed by atoms with Crippen molar-refractivity contribution in [3.05, 3.63) is 34.2 Å². The number of carbonyl (C=O) groups is 1. The van der Waals surface area contributed by atoms with Crippen molar-refractivity contribution in [2.24, 2.45) is 11.8 Å². The highest BCUT2D eigenvalue weighted by atomic mass is 32.2. The highest BCUT2D eigenvalue weighted by molar-refractivity contribution is 7.92. The second-order valence-corrected chi connectivity index (χ2v) is 9.14. The lowest BCUT2D eigenvalue weighted by atomic mass is 10.1. The molecule has 142 valence electrons. The van der Waals surface area contributed by atoms with Crippen LogP contribution in [-0.4, -0.2) is 46.8 Å². The van der Waals surface area contributed by atoms with E-state index >= 15 is 0 Å². The molecule has 0 saturated heterocycles. The van der Waals surface area contributed by atoms with Gasteiger partial charge in [-0.1, -0.05) is 11.8 Å². The van der Waals surface area contributed by atoms with Crippen LogP contribution in [0.4, 0.5) is 0 Å². The Hall–Kier alpha value is -2.15. The SMILES string of the molecule is CC(CCn1ccc(C#C[C@@H]2C[C@H]2CO)cc1=O)(C(=O)NO)S(C)(=O)=O. The summed E-state index contributed by atoms with van der Waals surface area (Å²) in [5.74, 6) is 5.23. The van der Waals surface area contributed by atoms with Crippen LogP contribution < -0.4 is 11.0 Å². The number of aromatic nitrogens is 1. The number of sulfone groups is 1. The van der Waals surface area contributed by atoms with E-state index in [4.69, 9.17) is 10.3 Å². The summed E-state index contributed by atoms with van der Waals surface area (Å²) < 4.78 is 23.3. The van der Waals surface area contributed by atoms with E-state index in [0.717, 1.165) is 12.7 Å². The first-order chi connectivity index (χ1) is 12.1. The Labute approximate surface area is 151 Å². The molecule has 1 saturated carbocycles. The number of hydrogen-bond donors (Lipinski definition) is 3. The topological polar surface area (TPSA) is 126 Å². The largest absolute Gasteiger partial charge is 0.396 e. The van der Waals surface area contributed by atoms with Gasteiger partial charge in [-0.25, -0.2) is 13.9 Å². The number of aliphatic hydroxyl groups is 1. The number of aliphatic hydroxyl groups excluding tert-OH is 1. The summed E-state index contributed by atoms with van der Waals surface area (Å²) in [6.07, 6.45) is 3.07. The number of nitrogens with zero attached hydrogens (tertiary/aromatic N) is 1. The van der Waals surface area contributed by atoms with Gasteiger partial charge in [0.2, 0.25) is 0 Å². The summed E-state index contributed by atoms with van der Waals surface area (Å²) >= 11 is 0. The molecule has 0 bridgehead atoms. The van der Waals surface area contributed by atoms with Crippen LogP contribution in [0.3, 0.4) is 0 Å². The third-order valence-electron chi connectivity index (χ3n) is 4.79. The van der Waals surface area contributed by atoms with Crippen molar-refractivity contribution in [1.29, 1.82) is 0 Å². The van der Waals surface area contributed by atoms with Crippen molar-refractivity contribution in [1.82, 2.24) is 10.0 Å². The average molecular weight is 382 g/mol. The maximum atomic E-state index is 12.2. The van der Waals surface area contributed by atoms with Crippen LogP contribution in [0.25, 0.3) is 0 Å². The van der Waals surface area contributed by atoms with Gasteiger partial charge >= 0.3 is 0 Å². The van der Waals surface area contributed by atoms with Crippen molar-refractivity contribution < 1.29 is 23.5 Å². The van der Waals surface area contributed by atoms with E-state index in [9.17, 15) is 18.0 Å². The fourth-order valence-electron chi connectivity index (χ4n) is 2.49. The summed E-state index contributed by atoms with van der Waals surface area (Å²) in [5, 5.41) is 17.8. The maximum absolute atomic E-state index is 12.2. The lowest BCUT2D eigenvalue weighted by molar-refractivity contribution is -0.131. The van der Waals surface area contributed by atoms with Crippen molar-refractivity contribution in [3.8, 4) is 11.8 Å². The summed E-state index contributed by atoms with van der Waals surface area (Å²) in [6.45, 7) is 1.30. The average Bonchev–Trinajstić information content (AvgIpc) is 3.35. The first-order valence-corrected chi connectivity index (χ1v) is 9.98. The summed E-state index contributed by atoms with van der Waals surface area (Å²) in [4.78, 5) is 24.0. The molecule has 1 unspecified atom stereocenters. The number of rotatable bonds is 6. The fourth-order valence-corrected chi connectivity index (χ4v) is 3.34.